The molecule has 0 radical (unpaired) electrons. The van der Waals surface area contributed by atoms with Gasteiger partial charge in [0.2, 0.25) is 4.46 Å². The zero-order chi connectivity index (χ0) is 11.6. The lowest BCUT2D eigenvalue weighted by Crippen LogP contribution is -2.33. The highest BCUT2D eigenvalue weighted by molar-refractivity contribution is 6.49. The number of amidine groups is 1. The molecule has 0 fully saturated rings. The van der Waals surface area contributed by atoms with Crippen molar-refractivity contribution < 1.29 is 4.74 Å². The normalized spacial score (nSPS) is 18.4. The molecule has 0 aliphatic carbocycles. The van der Waals surface area contributed by atoms with Gasteiger partial charge in [-0.1, -0.05) is 41.4 Å². The van der Waals surface area contributed by atoms with Crippen molar-refractivity contribution in [2.45, 2.75) is 11.4 Å². The first kappa shape index (κ1) is 11.6. The molecule has 1 heterocycles. The summed E-state index contributed by atoms with van der Waals surface area (Å²) in [6.45, 7) is 3.21. The molecule has 5 heteroatoms. The maximum absolute atomic E-state index is 5.96. The maximum atomic E-state index is 5.96. The van der Waals surface area contributed by atoms with Gasteiger partial charge in [0.05, 0.1) is 6.54 Å². The monoisotopic (exact) mass is 258 g/mol. The number of ether oxygens (including phenoxy) is 1. The van der Waals surface area contributed by atoms with Gasteiger partial charge in [-0.25, -0.2) is 0 Å². The molecule has 1 aromatic carbocycles. The van der Waals surface area contributed by atoms with Crippen molar-refractivity contribution in [2.24, 2.45) is 4.99 Å². The van der Waals surface area contributed by atoms with Crippen molar-refractivity contribution in [1.82, 2.24) is 4.90 Å². The third-order valence-corrected chi connectivity index (χ3v) is 2.65. The summed E-state index contributed by atoms with van der Waals surface area (Å²) in [4.78, 5) is 6.02. The SMILES string of the molecule is CCN1CC(Cl)(Cl)N=C1Oc1ccccc1. The van der Waals surface area contributed by atoms with Crippen molar-refractivity contribution in [3.63, 3.8) is 0 Å². The number of rotatable bonds is 2. The zero-order valence-corrected chi connectivity index (χ0v) is 10.4. The highest BCUT2D eigenvalue weighted by Crippen LogP contribution is 2.30. The van der Waals surface area contributed by atoms with E-state index in [9.17, 15) is 0 Å². The summed E-state index contributed by atoms with van der Waals surface area (Å²) in [7, 11) is 0. The first-order valence-corrected chi connectivity index (χ1v) is 5.82. The Balaban J connectivity index is 2.15. The summed E-state index contributed by atoms with van der Waals surface area (Å²) in [6, 6.07) is 9.91. The molecular weight excluding hydrogens is 247 g/mol. The van der Waals surface area contributed by atoms with E-state index in [1.807, 2.05) is 42.2 Å². The minimum atomic E-state index is -1.10. The fourth-order valence-corrected chi connectivity index (χ4v) is 1.90. The first-order valence-electron chi connectivity index (χ1n) is 5.06. The highest BCUT2D eigenvalue weighted by Gasteiger charge is 2.36. The Kier molecular flexibility index (Phi) is 3.26. The molecule has 1 aliphatic heterocycles. The van der Waals surface area contributed by atoms with Crippen molar-refractivity contribution >= 4 is 29.2 Å². The van der Waals surface area contributed by atoms with Gasteiger partial charge in [0.15, 0.2) is 0 Å². The average Bonchev–Trinajstić information content (AvgIpc) is 2.54. The molecule has 2 rings (SSSR count). The largest absolute Gasteiger partial charge is 0.426 e. The second-order valence-corrected chi connectivity index (χ2v) is 4.93. The number of hydrogen-bond acceptors (Lipinski definition) is 3. The van der Waals surface area contributed by atoms with Crippen molar-refractivity contribution in [1.29, 1.82) is 0 Å². The number of halogens is 2. The Morgan fingerprint density at radius 2 is 2.06 bits per heavy atom. The van der Waals surface area contributed by atoms with Gasteiger partial charge in [-0.15, -0.1) is 0 Å². The smallest absolute Gasteiger partial charge is 0.296 e. The second kappa shape index (κ2) is 4.52. The molecule has 0 amide bonds. The van der Waals surface area contributed by atoms with Crippen LogP contribution in [-0.4, -0.2) is 28.5 Å². The van der Waals surface area contributed by atoms with E-state index in [4.69, 9.17) is 27.9 Å². The maximum Gasteiger partial charge on any atom is 0.296 e. The van der Waals surface area contributed by atoms with Gasteiger partial charge in [0.25, 0.3) is 6.02 Å². The quantitative estimate of drug-likeness (QED) is 0.602. The fraction of sp³-hybridized carbons (Fsp3) is 0.364. The minimum Gasteiger partial charge on any atom is -0.426 e. The molecule has 3 nitrogen and oxygen atoms in total. The van der Waals surface area contributed by atoms with Crippen LogP contribution in [0.5, 0.6) is 5.75 Å². The van der Waals surface area contributed by atoms with Crippen LogP contribution in [0, 0.1) is 0 Å². The topological polar surface area (TPSA) is 24.8 Å². The van der Waals surface area contributed by atoms with Crippen molar-refractivity contribution in [2.75, 3.05) is 13.1 Å². The van der Waals surface area contributed by atoms with Crippen LogP contribution in [0.3, 0.4) is 0 Å². The number of nitrogens with zero attached hydrogens (tertiary/aromatic N) is 2. The van der Waals surface area contributed by atoms with Crippen LogP contribution >= 0.6 is 23.2 Å². The molecule has 1 aromatic rings. The Hall–Kier alpha value is -0.930. The first-order chi connectivity index (χ1) is 7.61. The van der Waals surface area contributed by atoms with Crippen LogP contribution in [0.25, 0.3) is 0 Å². The van der Waals surface area contributed by atoms with Gasteiger partial charge in [0, 0.05) is 6.54 Å². The molecule has 0 saturated heterocycles. The van der Waals surface area contributed by atoms with Gasteiger partial charge in [-0.05, 0) is 19.1 Å². The van der Waals surface area contributed by atoms with Crippen LogP contribution in [0.15, 0.2) is 35.3 Å². The number of benzene rings is 1. The second-order valence-electron chi connectivity index (χ2n) is 3.49. The average molecular weight is 259 g/mol. The highest BCUT2D eigenvalue weighted by atomic mass is 35.5. The van der Waals surface area contributed by atoms with E-state index in [1.54, 1.807) is 0 Å². The van der Waals surface area contributed by atoms with Crippen LogP contribution in [-0.2, 0) is 0 Å². The third kappa shape index (κ3) is 2.60. The Bertz CT molecular complexity index is 392. The van der Waals surface area contributed by atoms with E-state index in [2.05, 4.69) is 4.99 Å². The Labute approximate surface area is 105 Å². The number of aliphatic imine (C=N–C) groups is 1. The lowest BCUT2D eigenvalue weighted by Gasteiger charge is -2.18. The lowest BCUT2D eigenvalue weighted by molar-refractivity contribution is 0.379. The van der Waals surface area contributed by atoms with Gasteiger partial charge < -0.3 is 9.64 Å². The molecule has 0 spiro atoms. The molecule has 1 aliphatic rings. The van der Waals surface area contributed by atoms with Crippen LogP contribution < -0.4 is 4.74 Å². The molecule has 0 unspecified atom stereocenters. The molecule has 0 atom stereocenters. The number of hydrogen-bond donors (Lipinski definition) is 0. The molecular formula is C11H12Cl2N2O. The van der Waals surface area contributed by atoms with E-state index in [0.717, 1.165) is 12.3 Å². The van der Waals surface area contributed by atoms with Crippen molar-refractivity contribution in [3.8, 4) is 5.75 Å². The summed E-state index contributed by atoms with van der Waals surface area (Å²) in [6.07, 6.45) is 0. The Morgan fingerprint density at radius 1 is 1.38 bits per heavy atom. The molecule has 0 aromatic heterocycles. The summed E-state index contributed by atoms with van der Waals surface area (Å²) in [5.41, 5.74) is 0. The summed E-state index contributed by atoms with van der Waals surface area (Å²) >= 11 is 11.9. The molecule has 0 N–H and O–H groups in total. The predicted molar refractivity (Wildman–Crippen MR) is 66.2 cm³/mol. The Morgan fingerprint density at radius 3 is 2.69 bits per heavy atom. The lowest BCUT2D eigenvalue weighted by atomic mass is 10.3. The van der Waals surface area contributed by atoms with Crippen LogP contribution in [0.1, 0.15) is 6.92 Å². The number of para-hydroxylation sites is 1. The number of alkyl halides is 2. The van der Waals surface area contributed by atoms with E-state index < -0.39 is 4.46 Å². The summed E-state index contributed by atoms with van der Waals surface area (Å²) in [5, 5.41) is 0. The van der Waals surface area contributed by atoms with Gasteiger partial charge in [0.1, 0.15) is 5.75 Å². The van der Waals surface area contributed by atoms with Crippen LogP contribution in [0.4, 0.5) is 0 Å². The predicted octanol–water partition coefficient (Wildman–Crippen LogP) is 2.89. The van der Waals surface area contributed by atoms with E-state index >= 15 is 0 Å². The van der Waals surface area contributed by atoms with Gasteiger partial charge in [-0.3, -0.25) is 0 Å². The third-order valence-electron chi connectivity index (χ3n) is 2.24. The van der Waals surface area contributed by atoms with Crippen LogP contribution in [0.2, 0.25) is 0 Å². The van der Waals surface area contributed by atoms with E-state index in [-0.39, 0.29) is 0 Å². The number of likely N-dealkylation sites (N-methyl/N-ethyl adjacent to an activating group) is 1. The fourth-order valence-electron chi connectivity index (χ4n) is 1.47. The van der Waals surface area contributed by atoms with E-state index in [0.29, 0.717) is 12.6 Å². The zero-order valence-electron chi connectivity index (χ0n) is 8.86. The van der Waals surface area contributed by atoms with E-state index in [1.165, 1.54) is 0 Å². The molecule has 86 valence electrons. The molecule has 0 saturated carbocycles. The van der Waals surface area contributed by atoms with Gasteiger partial charge in [-0.2, -0.15) is 4.99 Å². The van der Waals surface area contributed by atoms with Gasteiger partial charge >= 0.3 is 0 Å². The standard InChI is InChI=1S/C11H12Cl2N2O/c1-2-15-8-11(12,13)14-10(15)16-9-6-4-3-5-7-9/h3-7H,2,8H2,1H3. The minimum absolute atomic E-state index is 0.453. The van der Waals surface area contributed by atoms with Crippen molar-refractivity contribution in [3.05, 3.63) is 30.3 Å². The molecule has 0 bridgehead atoms. The summed E-state index contributed by atoms with van der Waals surface area (Å²) < 4.78 is 4.52. The molecule has 16 heavy (non-hydrogen) atoms. The summed E-state index contributed by atoms with van der Waals surface area (Å²) in [5.74, 6) is 0.728.